The molecule has 404 valence electrons. The molecule has 1 saturated carbocycles. The summed E-state index contributed by atoms with van der Waals surface area (Å²) in [6, 6.07) is 13.9. The van der Waals surface area contributed by atoms with Crippen LogP contribution in [0.1, 0.15) is 134 Å². The lowest BCUT2D eigenvalue weighted by molar-refractivity contribution is -0.111. The predicted octanol–water partition coefficient (Wildman–Crippen LogP) is 8.23. The number of piperazine rings is 1. The van der Waals surface area contributed by atoms with Crippen molar-refractivity contribution in [2.75, 3.05) is 58.1 Å². The highest BCUT2D eigenvalue weighted by atomic mass is 16.3. The van der Waals surface area contributed by atoms with E-state index in [0.29, 0.717) is 70.0 Å². The first-order valence-electron chi connectivity index (χ1n) is 27.6. The molecule has 3 N–H and O–H groups in total. The third-order valence-electron chi connectivity index (χ3n) is 17.5. The smallest absolute Gasteiger partial charge is 0.293 e. The fourth-order valence-corrected chi connectivity index (χ4v) is 13.8. The maximum absolute atomic E-state index is 14.1. The van der Waals surface area contributed by atoms with Gasteiger partial charge in [-0.15, -0.1) is 0 Å². The molecule has 6 aliphatic rings. The number of benzene rings is 2. The summed E-state index contributed by atoms with van der Waals surface area (Å²) in [5.41, 5.74) is 9.33. The van der Waals surface area contributed by atoms with Gasteiger partial charge in [-0.1, -0.05) is 40.7 Å². The summed E-state index contributed by atoms with van der Waals surface area (Å²) < 4.78 is 3.57. The van der Waals surface area contributed by atoms with E-state index in [9.17, 15) is 29.1 Å². The highest BCUT2D eigenvalue weighted by molar-refractivity contribution is 6.22. The molecule has 17 nitrogen and oxygen atoms in total. The van der Waals surface area contributed by atoms with Gasteiger partial charge in [0, 0.05) is 111 Å². The van der Waals surface area contributed by atoms with Crippen LogP contribution >= 0.6 is 0 Å². The molecule has 3 aromatic heterocycles. The fraction of sp³-hybridized carbons (Fsp3) is 0.483. The Bertz CT molecular complexity index is 3320. The van der Waals surface area contributed by atoms with Crippen molar-refractivity contribution in [3.63, 3.8) is 0 Å². The number of pyridine rings is 1. The van der Waals surface area contributed by atoms with Gasteiger partial charge in [0.05, 0.1) is 34.8 Å². The van der Waals surface area contributed by atoms with Gasteiger partial charge in [-0.05, 0) is 136 Å². The minimum atomic E-state index is -0.414. The number of aliphatic hydroxyl groups excluding tert-OH is 1. The average molecular weight is 1040 g/mol. The number of aliphatic hydroxyl groups is 1. The lowest BCUT2D eigenvalue weighted by atomic mass is 9.74. The molecule has 2 saturated heterocycles. The first-order chi connectivity index (χ1) is 36.7. The summed E-state index contributed by atoms with van der Waals surface area (Å²) in [6.07, 6.45) is 12.0. The number of nitrogens with one attached hydrogen (secondary N) is 2. The van der Waals surface area contributed by atoms with Crippen molar-refractivity contribution < 1.29 is 24.3 Å². The van der Waals surface area contributed by atoms with Gasteiger partial charge in [-0.25, -0.2) is 9.97 Å². The molecule has 0 spiro atoms. The number of rotatable bonds is 11. The zero-order valence-corrected chi connectivity index (χ0v) is 45.9. The number of anilines is 6. The van der Waals surface area contributed by atoms with Gasteiger partial charge in [0.15, 0.2) is 5.82 Å². The van der Waals surface area contributed by atoms with Gasteiger partial charge < -0.3 is 34.7 Å². The molecular formula is C60H73N11O6. The standard InChI is InChI=1S/C60H73N11O6/c1-10-52(73)63-46-27-39(62-53-58(77)65(9)33-47(64-53)42-15-18-61-54(45(42)34-72)70-23-22-69-50(57(70)76)26-38-29-60(7,8)31-51(38)69)13-14-48(46)68-21-20-66(32-37(68)4)40-16-19-67(36(3)25-40)49-28-44-43(24-35(49)2)55(74)71(56(44)75)41-12-11-17-59(5,6)30-41/h10,13-15,18,24,26-28,33,36-37,40-41,72H,1,11-12,16-17,19-23,25,29-32,34H2,2-9H3,(H,62,64)(H,63,73)/t36-,37+,40?,41?/m1/s1. The Morgan fingerprint density at radius 3 is 2.34 bits per heavy atom. The number of fused-ring (bicyclic) bond motifs is 4. The largest absolute Gasteiger partial charge is 0.392 e. The van der Waals surface area contributed by atoms with Crippen LogP contribution in [0, 0.1) is 17.8 Å². The average Bonchev–Trinajstić information content (AvgIpc) is 4.11. The summed E-state index contributed by atoms with van der Waals surface area (Å²) >= 11 is 0. The second-order valence-electron chi connectivity index (χ2n) is 24.2. The zero-order chi connectivity index (χ0) is 54.4. The van der Waals surface area contributed by atoms with Crippen molar-refractivity contribution in [2.45, 2.75) is 137 Å². The SMILES string of the molecule is C=CC(=O)Nc1cc(Nc2nc(-c3ccnc(N4CCn5c(cc6c5CC(C)(C)C6)C4=O)c3CO)cn(C)c2=O)ccc1N1CCN(C2CCN(c3cc4c(cc3C)C(=O)N(C3CCCC(C)(C)C3)C4=O)[C@H](C)C2)C[C@@H]1C. The van der Waals surface area contributed by atoms with Crippen LogP contribution < -0.4 is 30.9 Å². The lowest BCUT2D eigenvalue weighted by Gasteiger charge is -2.48. The van der Waals surface area contributed by atoms with Crippen LogP contribution in [0.2, 0.25) is 0 Å². The van der Waals surface area contributed by atoms with Gasteiger partial charge in [0.25, 0.3) is 23.3 Å². The molecule has 2 aromatic carbocycles. The van der Waals surface area contributed by atoms with E-state index in [4.69, 9.17) is 4.98 Å². The number of hydrogen-bond acceptors (Lipinski definition) is 12. The number of nitrogens with zero attached hydrogens (tertiary/aromatic N) is 9. The summed E-state index contributed by atoms with van der Waals surface area (Å²) in [6.45, 7) is 23.0. The van der Waals surface area contributed by atoms with Gasteiger partial charge in [-0.2, -0.15) is 0 Å². The van der Waals surface area contributed by atoms with E-state index in [0.717, 1.165) is 94.5 Å². The highest BCUT2D eigenvalue weighted by Gasteiger charge is 2.45. The van der Waals surface area contributed by atoms with Crippen molar-refractivity contribution in [1.29, 1.82) is 0 Å². The Balaban J connectivity index is 0.778. The van der Waals surface area contributed by atoms with Crippen molar-refractivity contribution in [1.82, 2.24) is 28.9 Å². The van der Waals surface area contributed by atoms with Crippen LogP contribution in [-0.2, 0) is 37.8 Å². The van der Waals surface area contributed by atoms with Gasteiger partial charge in [-0.3, -0.25) is 38.7 Å². The summed E-state index contributed by atoms with van der Waals surface area (Å²) in [5.74, 6) is -0.453. The molecule has 0 bridgehead atoms. The molecule has 17 heteroatoms. The Labute approximate surface area is 450 Å². The minimum Gasteiger partial charge on any atom is -0.392 e. The topological polar surface area (TPSA) is 181 Å². The van der Waals surface area contributed by atoms with Crippen LogP contribution in [0.4, 0.5) is 34.4 Å². The molecule has 0 radical (unpaired) electrons. The Morgan fingerprint density at radius 2 is 1.61 bits per heavy atom. The van der Waals surface area contributed by atoms with E-state index in [-0.39, 0.29) is 64.0 Å². The zero-order valence-electron chi connectivity index (χ0n) is 45.9. The summed E-state index contributed by atoms with van der Waals surface area (Å²) in [4.78, 5) is 88.6. The third-order valence-corrected chi connectivity index (χ3v) is 17.5. The number of aromatic nitrogens is 4. The third kappa shape index (κ3) is 9.42. The van der Waals surface area contributed by atoms with Gasteiger partial charge >= 0.3 is 0 Å². The van der Waals surface area contributed by atoms with Crippen LogP contribution in [0.15, 0.2) is 72.3 Å². The van der Waals surface area contributed by atoms with E-state index in [1.165, 1.54) is 21.9 Å². The number of carbonyl (C=O) groups excluding carboxylic acids is 4. The molecule has 11 rings (SSSR count). The molecule has 4 aliphatic heterocycles. The maximum atomic E-state index is 14.1. The predicted molar refractivity (Wildman–Crippen MR) is 300 cm³/mol. The lowest BCUT2D eigenvalue weighted by Crippen LogP contribution is -2.58. The Hall–Kier alpha value is -7.11. The first kappa shape index (κ1) is 52.0. The van der Waals surface area contributed by atoms with Crippen LogP contribution in [-0.4, -0.2) is 115 Å². The summed E-state index contributed by atoms with van der Waals surface area (Å²) in [7, 11) is 1.64. The molecule has 2 unspecified atom stereocenters. The van der Waals surface area contributed by atoms with Gasteiger partial charge in [0.2, 0.25) is 5.91 Å². The molecule has 2 aliphatic carbocycles. The number of aryl methyl sites for hydroxylation is 2. The molecule has 5 aromatic rings. The van der Waals surface area contributed by atoms with Crippen LogP contribution in [0.25, 0.3) is 11.3 Å². The quantitative estimate of drug-likeness (QED) is 0.0853. The molecular weight excluding hydrogens is 971 g/mol. The van der Waals surface area contributed by atoms with E-state index >= 15 is 0 Å². The van der Waals surface area contributed by atoms with Crippen molar-refractivity contribution in [3.8, 4) is 11.3 Å². The number of amides is 4. The number of carbonyl (C=O) groups is 4. The molecule has 4 amide bonds. The van der Waals surface area contributed by atoms with E-state index in [2.05, 4.69) is 89.9 Å². The van der Waals surface area contributed by atoms with Crippen molar-refractivity contribution >= 4 is 58.0 Å². The Kier molecular flexibility index (Phi) is 13.3. The first-order valence-corrected chi connectivity index (χ1v) is 27.6. The fourth-order valence-electron chi connectivity index (χ4n) is 13.8. The second-order valence-corrected chi connectivity index (χ2v) is 24.2. The number of piperidine rings is 1. The van der Waals surface area contributed by atoms with E-state index in [1.807, 2.05) is 30.3 Å². The Morgan fingerprint density at radius 1 is 0.844 bits per heavy atom. The van der Waals surface area contributed by atoms with E-state index < -0.39 is 6.61 Å². The molecule has 77 heavy (non-hydrogen) atoms. The van der Waals surface area contributed by atoms with E-state index in [1.54, 1.807) is 41.4 Å². The monoisotopic (exact) mass is 1040 g/mol. The molecule has 4 atom stereocenters. The van der Waals surface area contributed by atoms with Crippen molar-refractivity contribution in [2.24, 2.45) is 17.9 Å². The van der Waals surface area contributed by atoms with Crippen LogP contribution in [0.3, 0.4) is 0 Å². The molecule has 7 heterocycles. The normalized spacial score (nSPS) is 23.0. The maximum Gasteiger partial charge on any atom is 0.293 e. The van der Waals surface area contributed by atoms with Crippen LogP contribution in [0.5, 0.6) is 0 Å². The second kappa shape index (κ2) is 19.7. The van der Waals surface area contributed by atoms with Crippen molar-refractivity contribution in [3.05, 3.63) is 117 Å². The molecule has 3 fully saturated rings. The highest BCUT2D eigenvalue weighted by Crippen LogP contribution is 2.43. The summed E-state index contributed by atoms with van der Waals surface area (Å²) in [5, 5.41) is 17.1. The number of hydrogen-bond donors (Lipinski definition) is 3. The minimum absolute atomic E-state index is 0.0352. The number of imide groups is 1. The van der Waals surface area contributed by atoms with Gasteiger partial charge in [0.1, 0.15) is 11.5 Å².